The van der Waals surface area contributed by atoms with Crippen molar-refractivity contribution in [3.05, 3.63) is 95.6 Å². The number of imide groups is 1. The number of hydrogen-bond donors (Lipinski definition) is 1. The van der Waals surface area contributed by atoms with Gasteiger partial charge in [0.15, 0.2) is 0 Å². The van der Waals surface area contributed by atoms with Gasteiger partial charge in [-0.25, -0.2) is 0 Å². The second-order valence-corrected chi connectivity index (χ2v) is 8.69. The average Bonchev–Trinajstić information content (AvgIpc) is 3.11. The van der Waals surface area contributed by atoms with E-state index in [1.165, 1.54) is 0 Å². The summed E-state index contributed by atoms with van der Waals surface area (Å²) in [7, 11) is 1.80. The van der Waals surface area contributed by atoms with Crippen molar-refractivity contribution in [2.24, 2.45) is 0 Å². The SMILES string of the molecule is CN(Cc1cccc(-c2ccc(CC3SC(=O)NC3=O)cc2)c1)C(=O)c1ccccc1. The van der Waals surface area contributed by atoms with E-state index < -0.39 is 0 Å². The highest BCUT2D eigenvalue weighted by Gasteiger charge is 2.31. The summed E-state index contributed by atoms with van der Waals surface area (Å²) in [5.41, 5.74) is 4.85. The highest BCUT2D eigenvalue weighted by molar-refractivity contribution is 8.15. The van der Waals surface area contributed by atoms with Crippen molar-refractivity contribution >= 4 is 28.8 Å². The highest BCUT2D eigenvalue weighted by Crippen LogP contribution is 2.26. The lowest BCUT2D eigenvalue weighted by molar-refractivity contribution is -0.118. The van der Waals surface area contributed by atoms with Gasteiger partial charge in [-0.3, -0.25) is 19.7 Å². The van der Waals surface area contributed by atoms with E-state index in [0.29, 0.717) is 18.5 Å². The highest BCUT2D eigenvalue weighted by atomic mass is 32.2. The summed E-state index contributed by atoms with van der Waals surface area (Å²) in [5, 5.41) is 1.68. The van der Waals surface area contributed by atoms with E-state index in [-0.39, 0.29) is 22.3 Å². The maximum atomic E-state index is 12.6. The van der Waals surface area contributed by atoms with Crippen LogP contribution in [0.4, 0.5) is 4.79 Å². The normalized spacial score (nSPS) is 15.6. The van der Waals surface area contributed by atoms with Gasteiger partial charge in [-0.1, -0.05) is 72.4 Å². The molecular weight excluding hydrogens is 408 g/mol. The van der Waals surface area contributed by atoms with Gasteiger partial charge in [0.2, 0.25) is 5.91 Å². The van der Waals surface area contributed by atoms with Crippen LogP contribution in [-0.4, -0.2) is 34.3 Å². The molecule has 1 aliphatic heterocycles. The monoisotopic (exact) mass is 430 g/mol. The molecule has 1 unspecified atom stereocenters. The first-order chi connectivity index (χ1) is 15.0. The van der Waals surface area contributed by atoms with E-state index in [4.69, 9.17) is 0 Å². The first-order valence-electron chi connectivity index (χ1n) is 10.00. The quantitative estimate of drug-likeness (QED) is 0.624. The smallest absolute Gasteiger partial charge is 0.286 e. The molecule has 156 valence electrons. The molecule has 1 atom stereocenters. The van der Waals surface area contributed by atoms with Gasteiger partial charge in [0.1, 0.15) is 0 Å². The average molecular weight is 431 g/mol. The molecule has 0 saturated carbocycles. The van der Waals surface area contributed by atoms with Crippen molar-refractivity contribution in [3.63, 3.8) is 0 Å². The molecule has 1 aliphatic rings. The fraction of sp³-hybridized carbons (Fsp3) is 0.160. The van der Waals surface area contributed by atoms with Gasteiger partial charge >= 0.3 is 0 Å². The molecule has 0 bridgehead atoms. The number of benzene rings is 3. The molecule has 3 aromatic carbocycles. The van der Waals surface area contributed by atoms with Crippen LogP contribution in [0.25, 0.3) is 11.1 Å². The Morgan fingerprint density at radius 1 is 0.903 bits per heavy atom. The van der Waals surface area contributed by atoms with Crippen LogP contribution in [0, 0.1) is 0 Å². The fourth-order valence-corrected chi connectivity index (χ4v) is 4.43. The first-order valence-corrected chi connectivity index (χ1v) is 10.9. The van der Waals surface area contributed by atoms with Crippen LogP contribution >= 0.6 is 11.8 Å². The summed E-state index contributed by atoms with van der Waals surface area (Å²) >= 11 is 1.05. The van der Waals surface area contributed by atoms with Crippen LogP contribution in [0.1, 0.15) is 21.5 Å². The van der Waals surface area contributed by atoms with Crippen molar-refractivity contribution in [3.8, 4) is 11.1 Å². The van der Waals surface area contributed by atoms with Crippen LogP contribution in [0.3, 0.4) is 0 Å². The minimum atomic E-state index is -0.362. The van der Waals surface area contributed by atoms with Crippen molar-refractivity contribution in [2.75, 3.05) is 7.05 Å². The third-order valence-electron chi connectivity index (χ3n) is 5.19. The molecule has 0 radical (unpaired) electrons. The molecular formula is C25H22N2O3S. The Morgan fingerprint density at radius 2 is 1.65 bits per heavy atom. The number of nitrogens with zero attached hydrogens (tertiary/aromatic N) is 1. The van der Waals surface area contributed by atoms with Crippen LogP contribution in [0.2, 0.25) is 0 Å². The van der Waals surface area contributed by atoms with Gasteiger partial charge in [-0.05, 0) is 46.9 Å². The van der Waals surface area contributed by atoms with E-state index in [9.17, 15) is 14.4 Å². The molecule has 6 heteroatoms. The summed E-state index contributed by atoms with van der Waals surface area (Å²) in [6, 6.07) is 25.4. The number of nitrogens with one attached hydrogen (secondary N) is 1. The third kappa shape index (κ3) is 5.03. The minimum Gasteiger partial charge on any atom is -0.337 e. The molecule has 1 saturated heterocycles. The number of amides is 3. The summed E-state index contributed by atoms with van der Waals surface area (Å²) in [6.07, 6.45) is 0.523. The fourth-order valence-electron chi connectivity index (χ4n) is 3.57. The van der Waals surface area contributed by atoms with Crippen LogP contribution in [0.15, 0.2) is 78.9 Å². The number of hydrogen-bond acceptors (Lipinski definition) is 4. The van der Waals surface area contributed by atoms with Gasteiger partial charge < -0.3 is 4.90 Å². The van der Waals surface area contributed by atoms with Gasteiger partial charge in [-0.2, -0.15) is 0 Å². The second-order valence-electron chi connectivity index (χ2n) is 7.51. The lowest BCUT2D eigenvalue weighted by Crippen LogP contribution is -2.26. The predicted octanol–water partition coefficient (Wildman–Crippen LogP) is 4.52. The van der Waals surface area contributed by atoms with Gasteiger partial charge in [0.25, 0.3) is 11.1 Å². The lowest BCUT2D eigenvalue weighted by Gasteiger charge is -2.18. The molecule has 0 aromatic heterocycles. The van der Waals surface area contributed by atoms with Gasteiger partial charge in [-0.15, -0.1) is 0 Å². The van der Waals surface area contributed by atoms with E-state index >= 15 is 0 Å². The van der Waals surface area contributed by atoms with Gasteiger partial charge in [0.05, 0.1) is 5.25 Å². The molecule has 4 rings (SSSR count). The Morgan fingerprint density at radius 3 is 2.32 bits per heavy atom. The lowest BCUT2D eigenvalue weighted by atomic mass is 10.00. The maximum Gasteiger partial charge on any atom is 0.286 e. The molecule has 3 amide bonds. The standard InChI is InChI=1S/C25H22N2O3S/c1-27(24(29)20-7-3-2-4-8-20)16-18-6-5-9-21(14-18)19-12-10-17(11-13-19)15-22-23(28)26-25(30)31-22/h2-14,22H,15-16H2,1H3,(H,26,28,30). The first kappa shape index (κ1) is 20.9. The Labute approximate surface area is 185 Å². The molecule has 1 fully saturated rings. The predicted molar refractivity (Wildman–Crippen MR) is 123 cm³/mol. The largest absolute Gasteiger partial charge is 0.337 e. The van der Waals surface area contributed by atoms with E-state index in [2.05, 4.69) is 11.4 Å². The van der Waals surface area contributed by atoms with Crippen LogP contribution in [0.5, 0.6) is 0 Å². The van der Waals surface area contributed by atoms with E-state index in [1.54, 1.807) is 11.9 Å². The molecule has 5 nitrogen and oxygen atoms in total. The molecule has 1 heterocycles. The number of carbonyl (C=O) groups is 3. The molecule has 0 aliphatic carbocycles. The molecule has 0 spiro atoms. The number of thioether (sulfide) groups is 1. The van der Waals surface area contributed by atoms with Crippen LogP contribution < -0.4 is 5.32 Å². The molecule has 1 N–H and O–H groups in total. The van der Waals surface area contributed by atoms with Crippen molar-refractivity contribution in [1.82, 2.24) is 10.2 Å². The van der Waals surface area contributed by atoms with Crippen molar-refractivity contribution < 1.29 is 14.4 Å². The molecule has 31 heavy (non-hydrogen) atoms. The van der Waals surface area contributed by atoms with Crippen molar-refractivity contribution in [1.29, 1.82) is 0 Å². The van der Waals surface area contributed by atoms with E-state index in [1.807, 2.05) is 72.8 Å². The summed E-state index contributed by atoms with van der Waals surface area (Å²) < 4.78 is 0. The zero-order valence-corrected chi connectivity index (χ0v) is 17.9. The minimum absolute atomic E-state index is 0.0114. The Bertz CT molecular complexity index is 1110. The third-order valence-corrected chi connectivity index (χ3v) is 6.17. The zero-order valence-electron chi connectivity index (χ0n) is 17.1. The van der Waals surface area contributed by atoms with Gasteiger partial charge in [0, 0.05) is 19.2 Å². The number of carbonyl (C=O) groups excluding carboxylic acids is 3. The van der Waals surface area contributed by atoms with Crippen molar-refractivity contribution in [2.45, 2.75) is 18.2 Å². The summed E-state index contributed by atoms with van der Waals surface area (Å²) in [6.45, 7) is 0.516. The topological polar surface area (TPSA) is 66.5 Å². The maximum absolute atomic E-state index is 12.6. The Hall–Kier alpha value is -3.38. The van der Waals surface area contributed by atoms with E-state index in [0.717, 1.165) is 34.0 Å². The second kappa shape index (κ2) is 9.18. The van der Waals surface area contributed by atoms with Crippen LogP contribution in [-0.2, 0) is 17.8 Å². The number of rotatable bonds is 6. The Balaban J connectivity index is 1.43. The summed E-state index contributed by atoms with van der Waals surface area (Å²) in [4.78, 5) is 37.4. The molecule has 3 aromatic rings. The summed E-state index contributed by atoms with van der Waals surface area (Å²) in [5.74, 6) is -0.233. The Kier molecular flexibility index (Phi) is 6.18. The zero-order chi connectivity index (χ0) is 21.8.